The summed E-state index contributed by atoms with van der Waals surface area (Å²) < 4.78 is 0. The lowest BCUT2D eigenvalue weighted by Crippen LogP contribution is -2.34. The van der Waals surface area contributed by atoms with Crippen LogP contribution in [0.5, 0.6) is 0 Å². The van der Waals surface area contributed by atoms with E-state index >= 15 is 0 Å². The van der Waals surface area contributed by atoms with Gasteiger partial charge < -0.3 is 10.2 Å². The summed E-state index contributed by atoms with van der Waals surface area (Å²) in [6, 6.07) is 11.3. The highest BCUT2D eigenvalue weighted by Gasteiger charge is 2.11. The highest BCUT2D eigenvalue weighted by atomic mass is 32.1. The number of aryl methyl sites for hydroxylation is 2. The van der Waals surface area contributed by atoms with Gasteiger partial charge in [-0.2, -0.15) is 0 Å². The van der Waals surface area contributed by atoms with Gasteiger partial charge in [0, 0.05) is 24.1 Å². The quantitative estimate of drug-likeness (QED) is 0.442. The van der Waals surface area contributed by atoms with Crippen LogP contribution in [0.25, 0.3) is 0 Å². The van der Waals surface area contributed by atoms with Gasteiger partial charge in [0.2, 0.25) is 0 Å². The molecule has 31 heavy (non-hydrogen) atoms. The van der Waals surface area contributed by atoms with Crippen LogP contribution in [0.2, 0.25) is 0 Å². The Hall–Kier alpha value is -2.57. The van der Waals surface area contributed by atoms with E-state index in [-0.39, 0.29) is 16.8 Å². The van der Waals surface area contributed by atoms with Crippen LogP contribution in [0.15, 0.2) is 36.4 Å². The third-order valence-electron chi connectivity index (χ3n) is 5.34. The van der Waals surface area contributed by atoms with Gasteiger partial charge in [0.15, 0.2) is 5.11 Å². The second-order valence-corrected chi connectivity index (χ2v) is 8.72. The van der Waals surface area contributed by atoms with E-state index in [1.54, 1.807) is 0 Å². The molecule has 5 nitrogen and oxygen atoms in total. The van der Waals surface area contributed by atoms with Crippen molar-refractivity contribution in [1.29, 1.82) is 0 Å². The van der Waals surface area contributed by atoms with E-state index in [1.807, 2.05) is 71.3 Å². The van der Waals surface area contributed by atoms with Crippen LogP contribution < -0.4 is 10.6 Å². The van der Waals surface area contributed by atoms with Crippen LogP contribution >= 0.6 is 12.2 Å². The molecule has 0 atom stereocenters. The Morgan fingerprint density at radius 3 is 2.16 bits per heavy atom. The van der Waals surface area contributed by atoms with Crippen molar-refractivity contribution >= 4 is 34.7 Å². The van der Waals surface area contributed by atoms with Gasteiger partial charge in [0.1, 0.15) is 5.78 Å². The number of unbranched alkanes of at least 4 members (excludes halogenated alkanes) is 1. The second-order valence-electron chi connectivity index (χ2n) is 8.32. The molecular weight excluding hydrogens is 406 g/mol. The third kappa shape index (κ3) is 8.23. The molecule has 0 saturated heterocycles. The van der Waals surface area contributed by atoms with Crippen molar-refractivity contribution < 1.29 is 9.59 Å². The maximum Gasteiger partial charge on any atom is 0.257 e. The van der Waals surface area contributed by atoms with E-state index in [2.05, 4.69) is 15.5 Å². The fraction of sp³-hybridized carbons (Fsp3) is 0.400. The highest BCUT2D eigenvalue weighted by molar-refractivity contribution is 7.80. The molecule has 0 aliphatic carbocycles. The van der Waals surface area contributed by atoms with Gasteiger partial charge in [-0.25, -0.2) is 0 Å². The lowest BCUT2D eigenvalue weighted by molar-refractivity contribution is -0.118. The normalized spacial score (nSPS) is 10.8. The SMILES string of the molecule is Cc1cc(C(=O)NC(=S)Nc2ccc(CC(=O)CCCCN(C)C)cc2)cc(C)c1C. The van der Waals surface area contributed by atoms with E-state index in [4.69, 9.17) is 12.2 Å². The zero-order chi connectivity index (χ0) is 23.0. The number of carbonyl (C=O) groups excluding carboxylic acids is 2. The van der Waals surface area contributed by atoms with E-state index in [9.17, 15) is 9.59 Å². The molecule has 0 unspecified atom stereocenters. The number of nitrogens with zero attached hydrogens (tertiary/aromatic N) is 1. The summed E-state index contributed by atoms with van der Waals surface area (Å²) in [7, 11) is 4.08. The standard InChI is InChI=1S/C25H33N3O2S/c1-17-14-21(15-18(2)19(17)3)24(30)27-25(31)26-22-11-9-20(10-12-22)16-23(29)8-6-7-13-28(4)5/h9-12,14-15H,6-8,13,16H2,1-5H3,(H2,26,27,30,31). The molecule has 1 amide bonds. The van der Waals surface area contributed by atoms with Gasteiger partial charge in [-0.15, -0.1) is 0 Å². The maximum absolute atomic E-state index is 12.5. The minimum Gasteiger partial charge on any atom is -0.332 e. The lowest BCUT2D eigenvalue weighted by Gasteiger charge is -2.12. The lowest BCUT2D eigenvalue weighted by atomic mass is 10.0. The molecular formula is C25H33N3O2S. The molecule has 0 spiro atoms. The Morgan fingerprint density at radius 1 is 0.968 bits per heavy atom. The summed E-state index contributed by atoms with van der Waals surface area (Å²) in [6.45, 7) is 7.03. The van der Waals surface area contributed by atoms with Crippen molar-refractivity contribution in [2.24, 2.45) is 0 Å². The monoisotopic (exact) mass is 439 g/mol. The van der Waals surface area contributed by atoms with E-state index in [1.165, 1.54) is 5.56 Å². The molecule has 0 aromatic heterocycles. The van der Waals surface area contributed by atoms with Crippen LogP contribution in [0.3, 0.4) is 0 Å². The van der Waals surface area contributed by atoms with Crippen molar-refractivity contribution in [3.05, 3.63) is 64.2 Å². The average molecular weight is 440 g/mol. The molecule has 0 bridgehead atoms. The zero-order valence-corrected chi connectivity index (χ0v) is 20.0. The smallest absolute Gasteiger partial charge is 0.257 e. The highest BCUT2D eigenvalue weighted by Crippen LogP contribution is 2.16. The van der Waals surface area contributed by atoms with Gasteiger partial charge in [-0.3, -0.25) is 14.9 Å². The molecule has 0 aliphatic rings. The van der Waals surface area contributed by atoms with Crippen molar-refractivity contribution in [1.82, 2.24) is 10.2 Å². The van der Waals surface area contributed by atoms with Gasteiger partial charge in [0.05, 0.1) is 0 Å². The van der Waals surface area contributed by atoms with Crippen LogP contribution in [-0.4, -0.2) is 42.3 Å². The Kier molecular flexibility index (Phi) is 9.34. The number of amides is 1. The molecule has 0 saturated carbocycles. The number of thiocarbonyl (C=S) groups is 1. The third-order valence-corrected chi connectivity index (χ3v) is 5.54. The van der Waals surface area contributed by atoms with Crippen LogP contribution in [0, 0.1) is 20.8 Å². The molecule has 0 fully saturated rings. The van der Waals surface area contributed by atoms with E-state index in [0.29, 0.717) is 18.4 Å². The van der Waals surface area contributed by atoms with Gasteiger partial charge in [-0.1, -0.05) is 12.1 Å². The number of Topliss-reactive ketones (excluding diaryl/α,β-unsaturated/α-hetero) is 1. The first-order valence-electron chi connectivity index (χ1n) is 10.6. The Bertz CT molecular complexity index is 913. The number of hydrogen-bond acceptors (Lipinski definition) is 4. The van der Waals surface area contributed by atoms with E-state index in [0.717, 1.165) is 41.8 Å². The minimum absolute atomic E-state index is 0.236. The number of anilines is 1. The molecule has 2 aromatic carbocycles. The first-order valence-corrected chi connectivity index (χ1v) is 11.0. The largest absolute Gasteiger partial charge is 0.332 e. The van der Waals surface area contributed by atoms with Crippen LogP contribution in [-0.2, 0) is 11.2 Å². The molecule has 2 aromatic rings. The molecule has 0 aliphatic heterocycles. The predicted octanol–water partition coefficient (Wildman–Crippen LogP) is 4.58. The summed E-state index contributed by atoms with van der Waals surface area (Å²) in [4.78, 5) is 26.8. The molecule has 166 valence electrons. The number of benzene rings is 2. The Morgan fingerprint density at radius 2 is 1.58 bits per heavy atom. The van der Waals surface area contributed by atoms with Crippen LogP contribution in [0.1, 0.15) is 51.9 Å². The summed E-state index contributed by atoms with van der Waals surface area (Å²) in [6.07, 6.45) is 3.01. The predicted molar refractivity (Wildman–Crippen MR) is 132 cm³/mol. The van der Waals surface area contributed by atoms with Gasteiger partial charge in [0.25, 0.3) is 5.91 Å². The van der Waals surface area contributed by atoms with Crippen molar-refractivity contribution in [3.8, 4) is 0 Å². The fourth-order valence-electron chi connectivity index (χ4n) is 3.28. The van der Waals surface area contributed by atoms with Crippen LogP contribution in [0.4, 0.5) is 5.69 Å². The van der Waals surface area contributed by atoms with Gasteiger partial charge in [-0.05, 0) is 113 Å². The first kappa shape index (κ1) is 24.7. The second kappa shape index (κ2) is 11.7. The molecule has 6 heteroatoms. The molecule has 0 radical (unpaired) electrons. The van der Waals surface area contributed by atoms with Crippen molar-refractivity contribution in [2.45, 2.75) is 46.5 Å². The number of hydrogen-bond donors (Lipinski definition) is 2. The summed E-state index contributed by atoms with van der Waals surface area (Å²) >= 11 is 5.28. The van der Waals surface area contributed by atoms with Gasteiger partial charge >= 0.3 is 0 Å². The fourth-order valence-corrected chi connectivity index (χ4v) is 3.49. The Labute approximate surface area is 191 Å². The summed E-state index contributed by atoms with van der Waals surface area (Å²) in [5.74, 6) is 0.0196. The number of ketones is 1. The maximum atomic E-state index is 12.5. The topological polar surface area (TPSA) is 61.4 Å². The number of rotatable bonds is 9. The molecule has 2 rings (SSSR count). The average Bonchev–Trinajstić information content (AvgIpc) is 2.70. The Balaban J connectivity index is 1.83. The summed E-state index contributed by atoms with van der Waals surface area (Å²) in [5.41, 5.74) is 5.67. The van der Waals surface area contributed by atoms with E-state index < -0.39 is 0 Å². The van der Waals surface area contributed by atoms with Crippen molar-refractivity contribution in [3.63, 3.8) is 0 Å². The molecule has 0 heterocycles. The minimum atomic E-state index is -0.236. The number of carbonyl (C=O) groups is 2. The first-order chi connectivity index (χ1) is 14.7. The van der Waals surface area contributed by atoms with Crippen molar-refractivity contribution in [2.75, 3.05) is 26.0 Å². The molecule has 2 N–H and O–H groups in total. The number of nitrogens with one attached hydrogen (secondary N) is 2. The zero-order valence-electron chi connectivity index (χ0n) is 19.2. The summed E-state index contributed by atoms with van der Waals surface area (Å²) in [5, 5.41) is 5.99.